The first-order valence-corrected chi connectivity index (χ1v) is 7.57. The topological polar surface area (TPSA) is 35.5 Å². The Bertz CT molecular complexity index is 553. The molecule has 1 fully saturated rings. The van der Waals surface area contributed by atoms with Gasteiger partial charge in [-0.05, 0) is 29.7 Å². The van der Waals surface area contributed by atoms with Gasteiger partial charge in [-0.2, -0.15) is 0 Å². The van der Waals surface area contributed by atoms with Crippen LogP contribution in [0.25, 0.3) is 0 Å². The first kappa shape index (κ1) is 14.1. The minimum atomic E-state index is 0.334. The van der Waals surface area contributed by atoms with Crippen molar-refractivity contribution in [1.82, 2.24) is 10.2 Å². The first-order chi connectivity index (χ1) is 10.3. The molecule has 1 aliphatic heterocycles. The van der Waals surface area contributed by atoms with E-state index in [0.717, 1.165) is 32.6 Å². The Labute approximate surface area is 126 Å². The van der Waals surface area contributed by atoms with E-state index in [4.69, 9.17) is 0 Å². The Morgan fingerprint density at radius 2 is 1.76 bits per heavy atom. The molecule has 2 aromatic rings. The molecule has 110 valence electrons. The number of phenolic OH excluding ortho intramolecular Hbond substituents is 1. The van der Waals surface area contributed by atoms with Crippen LogP contribution < -0.4 is 5.32 Å². The maximum absolute atomic E-state index is 9.35. The summed E-state index contributed by atoms with van der Waals surface area (Å²) in [6.07, 6.45) is 1.08. The van der Waals surface area contributed by atoms with Crippen molar-refractivity contribution in [2.24, 2.45) is 0 Å². The molecule has 1 heterocycles. The summed E-state index contributed by atoms with van der Waals surface area (Å²) in [7, 11) is 0. The van der Waals surface area contributed by atoms with E-state index in [9.17, 15) is 5.11 Å². The minimum absolute atomic E-state index is 0.334. The number of rotatable bonds is 4. The molecule has 0 amide bonds. The minimum Gasteiger partial charge on any atom is -0.508 e. The van der Waals surface area contributed by atoms with Gasteiger partial charge in [0.05, 0.1) is 0 Å². The fourth-order valence-corrected chi connectivity index (χ4v) is 2.93. The van der Waals surface area contributed by atoms with Gasteiger partial charge in [0.1, 0.15) is 5.75 Å². The predicted octanol–water partition coefficient (Wildman–Crippen LogP) is 2.41. The van der Waals surface area contributed by atoms with E-state index in [1.165, 1.54) is 11.1 Å². The second kappa shape index (κ2) is 6.74. The zero-order chi connectivity index (χ0) is 14.5. The Morgan fingerprint density at radius 1 is 1.00 bits per heavy atom. The third-order valence-electron chi connectivity index (χ3n) is 4.01. The van der Waals surface area contributed by atoms with Crippen molar-refractivity contribution in [3.63, 3.8) is 0 Å². The van der Waals surface area contributed by atoms with Crippen molar-refractivity contribution < 1.29 is 5.11 Å². The summed E-state index contributed by atoms with van der Waals surface area (Å²) in [6, 6.07) is 18.7. The Balaban J connectivity index is 1.57. The standard InChI is InChI=1S/C18H22N2O/c21-18-8-6-16(7-9-18)13-20-11-10-19-17(14-20)12-15-4-2-1-3-5-15/h1-9,17,19,21H,10-14H2. The number of piperazine rings is 1. The number of nitrogens with zero attached hydrogens (tertiary/aromatic N) is 1. The van der Waals surface area contributed by atoms with Gasteiger partial charge in [-0.15, -0.1) is 0 Å². The van der Waals surface area contributed by atoms with Crippen molar-refractivity contribution in [2.75, 3.05) is 19.6 Å². The molecule has 2 N–H and O–H groups in total. The lowest BCUT2D eigenvalue weighted by molar-refractivity contribution is 0.192. The number of hydrogen-bond donors (Lipinski definition) is 2. The second-order valence-corrected chi connectivity index (χ2v) is 5.74. The predicted molar refractivity (Wildman–Crippen MR) is 85.3 cm³/mol. The number of benzene rings is 2. The maximum Gasteiger partial charge on any atom is 0.115 e. The molecule has 1 atom stereocenters. The van der Waals surface area contributed by atoms with Gasteiger partial charge in [0, 0.05) is 32.2 Å². The van der Waals surface area contributed by atoms with E-state index >= 15 is 0 Å². The molecule has 0 aliphatic carbocycles. The molecule has 3 heteroatoms. The van der Waals surface area contributed by atoms with E-state index in [-0.39, 0.29) is 0 Å². The number of phenols is 1. The average Bonchev–Trinajstić information content (AvgIpc) is 2.51. The molecule has 2 aromatic carbocycles. The van der Waals surface area contributed by atoms with Crippen molar-refractivity contribution in [2.45, 2.75) is 19.0 Å². The molecule has 1 aliphatic rings. The zero-order valence-electron chi connectivity index (χ0n) is 12.2. The van der Waals surface area contributed by atoms with Crippen LogP contribution in [0.4, 0.5) is 0 Å². The van der Waals surface area contributed by atoms with Crippen molar-refractivity contribution in [1.29, 1.82) is 0 Å². The van der Waals surface area contributed by atoms with Gasteiger partial charge in [0.25, 0.3) is 0 Å². The number of hydrogen-bond acceptors (Lipinski definition) is 3. The summed E-state index contributed by atoms with van der Waals surface area (Å²) in [5, 5.41) is 13.0. The van der Waals surface area contributed by atoms with E-state index in [1.54, 1.807) is 12.1 Å². The molecule has 3 rings (SSSR count). The Hall–Kier alpha value is -1.84. The summed E-state index contributed by atoms with van der Waals surface area (Å²) in [5.74, 6) is 0.334. The summed E-state index contributed by atoms with van der Waals surface area (Å²) in [6.45, 7) is 4.13. The molecule has 0 radical (unpaired) electrons. The highest BCUT2D eigenvalue weighted by Gasteiger charge is 2.19. The summed E-state index contributed by atoms with van der Waals surface area (Å²) in [5.41, 5.74) is 2.65. The van der Waals surface area contributed by atoms with E-state index < -0.39 is 0 Å². The molecule has 1 unspecified atom stereocenters. The molecule has 0 bridgehead atoms. The quantitative estimate of drug-likeness (QED) is 0.904. The maximum atomic E-state index is 9.35. The van der Waals surface area contributed by atoms with Crippen molar-refractivity contribution >= 4 is 0 Å². The first-order valence-electron chi connectivity index (χ1n) is 7.57. The molecule has 0 spiro atoms. The monoisotopic (exact) mass is 282 g/mol. The van der Waals surface area contributed by atoms with Crippen molar-refractivity contribution in [3.8, 4) is 5.75 Å². The van der Waals surface area contributed by atoms with Gasteiger partial charge in [0.2, 0.25) is 0 Å². The van der Waals surface area contributed by atoms with E-state index in [1.807, 2.05) is 12.1 Å². The van der Waals surface area contributed by atoms with Gasteiger partial charge < -0.3 is 10.4 Å². The number of aromatic hydroxyl groups is 1. The lowest BCUT2D eigenvalue weighted by atomic mass is 10.0. The van der Waals surface area contributed by atoms with Crippen molar-refractivity contribution in [3.05, 3.63) is 65.7 Å². The molecule has 0 saturated carbocycles. The van der Waals surface area contributed by atoms with Gasteiger partial charge >= 0.3 is 0 Å². The molecule has 21 heavy (non-hydrogen) atoms. The van der Waals surface area contributed by atoms with E-state index in [0.29, 0.717) is 11.8 Å². The van der Waals surface area contributed by atoms with Crippen LogP contribution in [-0.2, 0) is 13.0 Å². The normalized spacial score (nSPS) is 19.5. The highest BCUT2D eigenvalue weighted by atomic mass is 16.3. The van der Waals surface area contributed by atoms with Gasteiger partial charge in [-0.1, -0.05) is 42.5 Å². The second-order valence-electron chi connectivity index (χ2n) is 5.74. The van der Waals surface area contributed by atoms with Crippen LogP contribution in [0.1, 0.15) is 11.1 Å². The van der Waals surface area contributed by atoms with Crippen LogP contribution in [0.3, 0.4) is 0 Å². The summed E-state index contributed by atoms with van der Waals surface area (Å²) in [4.78, 5) is 2.48. The molecule has 3 nitrogen and oxygen atoms in total. The highest BCUT2D eigenvalue weighted by molar-refractivity contribution is 5.26. The fraction of sp³-hybridized carbons (Fsp3) is 0.333. The van der Waals surface area contributed by atoms with Crippen LogP contribution in [0.2, 0.25) is 0 Å². The smallest absolute Gasteiger partial charge is 0.115 e. The van der Waals surface area contributed by atoms with Crippen LogP contribution in [-0.4, -0.2) is 35.7 Å². The summed E-state index contributed by atoms with van der Waals surface area (Å²) >= 11 is 0. The fourth-order valence-electron chi connectivity index (χ4n) is 2.93. The largest absolute Gasteiger partial charge is 0.508 e. The molecule has 1 saturated heterocycles. The van der Waals surface area contributed by atoms with Crippen LogP contribution in [0, 0.1) is 0 Å². The number of nitrogens with one attached hydrogen (secondary N) is 1. The Kier molecular flexibility index (Phi) is 4.53. The zero-order valence-corrected chi connectivity index (χ0v) is 12.2. The van der Waals surface area contributed by atoms with Crippen LogP contribution >= 0.6 is 0 Å². The van der Waals surface area contributed by atoms with E-state index in [2.05, 4.69) is 40.5 Å². The molecule has 0 aromatic heterocycles. The third kappa shape index (κ3) is 4.06. The highest BCUT2D eigenvalue weighted by Crippen LogP contribution is 2.14. The lowest BCUT2D eigenvalue weighted by Crippen LogP contribution is -2.51. The molecular weight excluding hydrogens is 260 g/mol. The summed E-state index contributed by atoms with van der Waals surface area (Å²) < 4.78 is 0. The lowest BCUT2D eigenvalue weighted by Gasteiger charge is -2.34. The van der Waals surface area contributed by atoms with Gasteiger partial charge in [0.15, 0.2) is 0 Å². The van der Waals surface area contributed by atoms with Crippen LogP contribution in [0.5, 0.6) is 5.75 Å². The van der Waals surface area contributed by atoms with Gasteiger partial charge in [-0.25, -0.2) is 0 Å². The Morgan fingerprint density at radius 3 is 2.52 bits per heavy atom. The SMILES string of the molecule is Oc1ccc(CN2CCNC(Cc3ccccc3)C2)cc1. The molecular formula is C18H22N2O. The average molecular weight is 282 g/mol. The van der Waals surface area contributed by atoms with Gasteiger partial charge in [-0.3, -0.25) is 4.90 Å². The third-order valence-corrected chi connectivity index (χ3v) is 4.01. The van der Waals surface area contributed by atoms with Crippen LogP contribution in [0.15, 0.2) is 54.6 Å².